The smallest absolute Gasteiger partial charge is 0.331 e. The third-order valence-corrected chi connectivity index (χ3v) is 2.81. The predicted octanol–water partition coefficient (Wildman–Crippen LogP) is 1.77. The normalized spacial score (nSPS) is 13.0. The first kappa shape index (κ1) is 16.0. The number of rotatable bonds is 9. The van der Waals surface area contributed by atoms with Crippen molar-refractivity contribution in [3.8, 4) is 0 Å². The highest BCUT2D eigenvalue weighted by Gasteiger charge is 2.02. The van der Waals surface area contributed by atoms with Crippen LogP contribution in [0.1, 0.15) is 33.6 Å². The molecule has 0 saturated heterocycles. The second-order valence-electron chi connectivity index (χ2n) is 4.09. The summed E-state index contributed by atoms with van der Waals surface area (Å²) in [5.41, 5.74) is 0. The number of ether oxygens (including phenoxy) is 1. The molecule has 100 valence electrons. The van der Waals surface area contributed by atoms with Crippen LogP contribution in [0.4, 0.5) is 0 Å². The van der Waals surface area contributed by atoms with Gasteiger partial charge in [0, 0.05) is 18.3 Å². The topological polar surface area (TPSA) is 41.6 Å². The second-order valence-corrected chi connectivity index (χ2v) is 4.09. The Morgan fingerprint density at radius 2 is 2.06 bits per heavy atom. The van der Waals surface area contributed by atoms with Crippen molar-refractivity contribution in [3.05, 3.63) is 12.3 Å². The molecule has 4 heteroatoms. The number of nitrogens with one attached hydrogen (secondary N) is 1. The number of carbonyl (C=O) groups is 1. The molecule has 0 aliphatic heterocycles. The SMILES string of the molecule is CCN(CC)CCCC(C)N/C=C/C(=O)OC. The number of hydrogen-bond acceptors (Lipinski definition) is 4. The van der Waals surface area contributed by atoms with Crippen molar-refractivity contribution in [3.63, 3.8) is 0 Å². The summed E-state index contributed by atoms with van der Waals surface area (Å²) in [5.74, 6) is -0.326. The maximum atomic E-state index is 10.8. The van der Waals surface area contributed by atoms with Gasteiger partial charge in [0.05, 0.1) is 7.11 Å². The monoisotopic (exact) mass is 242 g/mol. The minimum Gasteiger partial charge on any atom is -0.466 e. The van der Waals surface area contributed by atoms with E-state index in [-0.39, 0.29) is 5.97 Å². The molecular formula is C13H26N2O2. The second kappa shape index (κ2) is 10.1. The first-order valence-corrected chi connectivity index (χ1v) is 6.36. The molecule has 0 radical (unpaired) electrons. The molecule has 0 rings (SSSR count). The predicted molar refractivity (Wildman–Crippen MR) is 70.8 cm³/mol. The van der Waals surface area contributed by atoms with Crippen LogP contribution in [0.25, 0.3) is 0 Å². The van der Waals surface area contributed by atoms with Gasteiger partial charge in [-0.15, -0.1) is 0 Å². The van der Waals surface area contributed by atoms with E-state index >= 15 is 0 Å². The molecule has 17 heavy (non-hydrogen) atoms. The summed E-state index contributed by atoms with van der Waals surface area (Å²) in [7, 11) is 1.38. The lowest BCUT2D eigenvalue weighted by Gasteiger charge is -2.19. The van der Waals surface area contributed by atoms with Crippen LogP contribution in [0.5, 0.6) is 0 Å². The summed E-state index contributed by atoms with van der Waals surface area (Å²) in [6.07, 6.45) is 5.33. The summed E-state index contributed by atoms with van der Waals surface area (Å²) in [4.78, 5) is 13.2. The first-order chi connectivity index (χ1) is 8.13. The minimum absolute atomic E-state index is 0.326. The van der Waals surface area contributed by atoms with E-state index in [9.17, 15) is 4.79 Å². The molecule has 1 N–H and O–H groups in total. The molecule has 0 spiro atoms. The van der Waals surface area contributed by atoms with Crippen LogP contribution in [0.2, 0.25) is 0 Å². The van der Waals surface area contributed by atoms with E-state index in [1.807, 2.05) is 0 Å². The molecule has 0 amide bonds. The van der Waals surface area contributed by atoms with Gasteiger partial charge in [0.2, 0.25) is 0 Å². The van der Waals surface area contributed by atoms with Gasteiger partial charge in [0.1, 0.15) is 0 Å². The van der Waals surface area contributed by atoms with Crippen LogP contribution >= 0.6 is 0 Å². The Labute approximate surface area is 105 Å². The fourth-order valence-electron chi connectivity index (χ4n) is 1.59. The number of methoxy groups -OCH3 is 1. The third-order valence-electron chi connectivity index (χ3n) is 2.81. The molecular weight excluding hydrogens is 216 g/mol. The van der Waals surface area contributed by atoms with E-state index < -0.39 is 0 Å². The van der Waals surface area contributed by atoms with Gasteiger partial charge in [-0.3, -0.25) is 0 Å². The Hall–Kier alpha value is -1.03. The maximum absolute atomic E-state index is 10.8. The van der Waals surface area contributed by atoms with Crippen molar-refractivity contribution in [1.29, 1.82) is 0 Å². The fourth-order valence-corrected chi connectivity index (χ4v) is 1.59. The lowest BCUT2D eigenvalue weighted by molar-refractivity contribution is -0.134. The standard InChI is InChI=1S/C13H26N2O2/c1-5-15(6-2)11-7-8-12(3)14-10-9-13(16)17-4/h9-10,12,14H,5-8,11H2,1-4H3/b10-9+. The molecule has 0 aliphatic rings. The largest absolute Gasteiger partial charge is 0.466 e. The lowest BCUT2D eigenvalue weighted by atomic mass is 10.2. The molecule has 1 unspecified atom stereocenters. The van der Waals surface area contributed by atoms with Crippen molar-refractivity contribution in [2.45, 2.75) is 39.7 Å². The number of carbonyl (C=O) groups excluding carboxylic acids is 1. The molecule has 0 heterocycles. The van der Waals surface area contributed by atoms with Gasteiger partial charge >= 0.3 is 5.97 Å². The van der Waals surface area contributed by atoms with Gasteiger partial charge in [-0.05, 0) is 39.4 Å². The van der Waals surface area contributed by atoms with Crippen LogP contribution in [-0.4, -0.2) is 43.7 Å². The van der Waals surface area contributed by atoms with Crippen LogP contribution in [0.3, 0.4) is 0 Å². The number of hydrogen-bond donors (Lipinski definition) is 1. The van der Waals surface area contributed by atoms with E-state index in [0.29, 0.717) is 6.04 Å². The van der Waals surface area contributed by atoms with E-state index in [0.717, 1.165) is 26.1 Å². The summed E-state index contributed by atoms with van der Waals surface area (Å²) < 4.78 is 4.50. The molecule has 4 nitrogen and oxygen atoms in total. The highest BCUT2D eigenvalue weighted by molar-refractivity contribution is 5.81. The van der Waals surface area contributed by atoms with E-state index in [1.54, 1.807) is 6.20 Å². The zero-order valence-electron chi connectivity index (χ0n) is 11.5. The van der Waals surface area contributed by atoms with Crippen molar-refractivity contribution >= 4 is 5.97 Å². The van der Waals surface area contributed by atoms with Gasteiger partial charge in [-0.1, -0.05) is 13.8 Å². The van der Waals surface area contributed by atoms with Crippen LogP contribution in [0, 0.1) is 0 Å². The van der Waals surface area contributed by atoms with Gasteiger partial charge in [-0.25, -0.2) is 4.79 Å². The van der Waals surface area contributed by atoms with Crippen LogP contribution in [0.15, 0.2) is 12.3 Å². The molecule has 0 aromatic carbocycles. The van der Waals surface area contributed by atoms with Crippen molar-refractivity contribution in [2.75, 3.05) is 26.7 Å². The van der Waals surface area contributed by atoms with Gasteiger partial charge < -0.3 is 15.0 Å². The molecule has 0 bridgehead atoms. The zero-order valence-corrected chi connectivity index (χ0v) is 11.5. The zero-order chi connectivity index (χ0) is 13.1. The summed E-state index contributed by atoms with van der Waals surface area (Å²) in [6.45, 7) is 9.85. The highest BCUT2D eigenvalue weighted by atomic mass is 16.5. The van der Waals surface area contributed by atoms with Crippen LogP contribution < -0.4 is 5.32 Å². The van der Waals surface area contributed by atoms with Gasteiger partial charge in [-0.2, -0.15) is 0 Å². The van der Waals surface area contributed by atoms with Crippen molar-refractivity contribution in [1.82, 2.24) is 10.2 Å². The quantitative estimate of drug-likeness (QED) is 0.494. The van der Waals surface area contributed by atoms with Crippen molar-refractivity contribution < 1.29 is 9.53 Å². The summed E-state index contributed by atoms with van der Waals surface area (Å²) >= 11 is 0. The average molecular weight is 242 g/mol. The third kappa shape index (κ3) is 8.74. The molecule has 0 aromatic rings. The Morgan fingerprint density at radius 3 is 2.59 bits per heavy atom. The Kier molecular flexibility index (Phi) is 9.53. The van der Waals surface area contributed by atoms with E-state index in [4.69, 9.17) is 0 Å². The minimum atomic E-state index is -0.326. The highest BCUT2D eigenvalue weighted by Crippen LogP contribution is 1.99. The van der Waals surface area contributed by atoms with Crippen LogP contribution in [-0.2, 0) is 9.53 Å². The molecule has 0 aliphatic carbocycles. The summed E-state index contributed by atoms with van der Waals surface area (Å²) in [6, 6.07) is 0.381. The van der Waals surface area contributed by atoms with E-state index in [2.05, 4.69) is 35.7 Å². The molecule has 0 fully saturated rings. The van der Waals surface area contributed by atoms with Gasteiger partial charge in [0.15, 0.2) is 0 Å². The summed E-state index contributed by atoms with van der Waals surface area (Å²) in [5, 5.41) is 3.16. The molecule has 0 saturated carbocycles. The van der Waals surface area contributed by atoms with Crippen molar-refractivity contribution in [2.24, 2.45) is 0 Å². The van der Waals surface area contributed by atoms with Gasteiger partial charge in [0.25, 0.3) is 0 Å². The number of nitrogens with zero attached hydrogens (tertiary/aromatic N) is 1. The Balaban J connectivity index is 3.62. The molecule has 1 atom stereocenters. The average Bonchev–Trinajstić information content (AvgIpc) is 2.34. The number of esters is 1. The Morgan fingerprint density at radius 1 is 1.41 bits per heavy atom. The van der Waals surface area contributed by atoms with E-state index in [1.165, 1.54) is 19.6 Å². The molecule has 0 aromatic heterocycles. The first-order valence-electron chi connectivity index (χ1n) is 6.36. The maximum Gasteiger partial charge on any atom is 0.331 e. The Bertz CT molecular complexity index is 225. The fraction of sp³-hybridized carbons (Fsp3) is 0.769. The lowest BCUT2D eigenvalue weighted by Crippen LogP contribution is -2.26.